The van der Waals surface area contributed by atoms with Crippen molar-refractivity contribution in [2.45, 2.75) is 0 Å². The molecule has 2 radical (unpaired) electrons. The van der Waals surface area contributed by atoms with Gasteiger partial charge in [0.25, 0.3) is 0 Å². The van der Waals surface area contributed by atoms with Crippen LogP contribution in [0.15, 0.2) is 48.9 Å². The summed E-state index contributed by atoms with van der Waals surface area (Å²) in [4.78, 5) is 4.39. The van der Waals surface area contributed by atoms with Crippen LogP contribution in [0.25, 0.3) is 22.2 Å². The Labute approximate surface area is 150 Å². The number of benzene rings is 1. The second-order valence-electron chi connectivity index (χ2n) is 3.79. The molecule has 0 amide bonds. The number of hydrogen-bond donors (Lipinski definition) is 0. The number of imidazole rings is 1. The zero-order chi connectivity index (χ0) is 10.5. The molecular weight excluding hydrogens is 491 g/mol. The van der Waals surface area contributed by atoms with Gasteiger partial charge in [-0.25, -0.2) is 0 Å². The fourth-order valence-electron chi connectivity index (χ4n) is 2.25. The number of nitrogens with zero attached hydrogens (tertiary/aromatic N) is 3. The summed E-state index contributed by atoms with van der Waals surface area (Å²) in [6.07, 6.45) is 5.86. The molecule has 4 aromatic rings. The third-order valence-electron chi connectivity index (χ3n) is 2.93. The van der Waals surface area contributed by atoms with E-state index in [0.29, 0.717) is 0 Å². The Hall–Kier alpha value is -0.537. The molecule has 0 saturated carbocycles. The van der Waals surface area contributed by atoms with Crippen LogP contribution in [-0.2, 0) is 52.8 Å². The standard InChI is InChI=1S/C13H8N3.CH3.Ir.Y/c1-2-5-11-10(4-1)13-14-7-9-16(13)12-6-3-8-15(11)12;;;/h1-3,5-9H;1H3;;/q2*-1;;. The van der Waals surface area contributed by atoms with E-state index in [1.807, 2.05) is 30.6 Å². The fourth-order valence-corrected chi connectivity index (χ4v) is 2.25. The van der Waals surface area contributed by atoms with Crippen LogP contribution in [0.2, 0.25) is 0 Å². The largest absolute Gasteiger partial charge is 0.358 e. The van der Waals surface area contributed by atoms with Gasteiger partial charge in [-0.2, -0.15) is 0 Å². The number of hydrogen-bond acceptors (Lipinski definition) is 1. The second kappa shape index (κ2) is 6.28. The average Bonchev–Trinajstić information content (AvgIpc) is 2.98. The van der Waals surface area contributed by atoms with Crippen molar-refractivity contribution in [1.29, 1.82) is 0 Å². The molecule has 0 saturated heterocycles. The van der Waals surface area contributed by atoms with Crippen molar-refractivity contribution in [3.8, 4) is 0 Å². The minimum Gasteiger partial charge on any atom is -0.358 e. The average molecular weight is 502 g/mol. The molecule has 4 rings (SSSR count). The van der Waals surface area contributed by atoms with Crippen molar-refractivity contribution < 1.29 is 52.8 Å². The van der Waals surface area contributed by atoms with Crippen LogP contribution in [0.4, 0.5) is 0 Å². The molecule has 0 aliphatic rings. The monoisotopic (exact) mass is 503 g/mol. The molecule has 0 spiro atoms. The topological polar surface area (TPSA) is 21.7 Å². The van der Waals surface area contributed by atoms with Gasteiger partial charge in [0.2, 0.25) is 0 Å². The van der Waals surface area contributed by atoms with E-state index in [1.165, 1.54) is 0 Å². The quantitative estimate of drug-likeness (QED) is 0.339. The van der Waals surface area contributed by atoms with Gasteiger partial charge < -0.3 is 16.2 Å². The molecule has 3 nitrogen and oxygen atoms in total. The SMILES string of the molecule is [CH3-].[Ir].[Y].[c-]1cccc2c1c1nccn1c1cccn21. The normalized spacial score (nSPS) is 9.89. The zero-order valence-corrected chi connectivity index (χ0v) is 15.6. The van der Waals surface area contributed by atoms with Crippen LogP contribution in [-0.4, -0.2) is 13.8 Å². The van der Waals surface area contributed by atoms with Crippen molar-refractivity contribution in [1.82, 2.24) is 13.8 Å². The first-order chi connectivity index (χ1) is 7.95. The van der Waals surface area contributed by atoms with Gasteiger partial charge >= 0.3 is 0 Å². The van der Waals surface area contributed by atoms with E-state index in [1.54, 1.807) is 0 Å². The molecule has 0 bridgehead atoms. The van der Waals surface area contributed by atoms with E-state index >= 15 is 0 Å². The van der Waals surface area contributed by atoms with Crippen LogP contribution < -0.4 is 0 Å². The van der Waals surface area contributed by atoms with E-state index in [0.717, 1.165) is 22.2 Å². The maximum atomic E-state index is 4.39. The van der Waals surface area contributed by atoms with Crippen molar-refractivity contribution >= 4 is 22.2 Å². The number of fused-ring (bicyclic) bond motifs is 6. The molecule has 0 aliphatic carbocycles. The van der Waals surface area contributed by atoms with E-state index in [4.69, 9.17) is 0 Å². The third-order valence-corrected chi connectivity index (χ3v) is 2.93. The molecule has 3 heterocycles. The van der Waals surface area contributed by atoms with Gasteiger partial charge in [-0.1, -0.05) is 5.39 Å². The molecule has 3 aromatic heterocycles. The van der Waals surface area contributed by atoms with Crippen LogP contribution >= 0.6 is 0 Å². The van der Waals surface area contributed by atoms with Crippen LogP contribution in [0, 0.1) is 13.5 Å². The molecule has 0 aliphatic heterocycles. The molecule has 5 heteroatoms. The van der Waals surface area contributed by atoms with Crippen LogP contribution in [0.3, 0.4) is 0 Å². The predicted octanol–water partition coefficient (Wildman–Crippen LogP) is 2.99. The smallest absolute Gasteiger partial charge is 0.105 e. The zero-order valence-electron chi connectivity index (χ0n) is 10.4. The van der Waals surface area contributed by atoms with Crippen molar-refractivity contribution in [3.05, 3.63) is 62.4 Å². The maximum absolute atomic E-state index is 4.39. The van der Waals surface area contributed by atoms with Gasteiger partial charge in [0.1, 0.15) is 5.65 Å². The van der Waals surface area contributed by atoms with E-state index < -0.39 is 0 Å². The Morgan fingerprint density at radius 1 is 1.05 bits per heavy atom. The molecule has 0 atom stereocenters. The summed E-state index contributed by atoms with van der Waals surface area (Å²) in [6, 6.07) is 13.4. The Kier molecular flexibility index (Phi) is 5.46. The summed E-state index contributed by atoms with van der Waals surface area (Å²) >= 11 is 0. The Morgan fingerprint density at radius 3 is 2.74 bits per heavy atom. The van der Waals surface area contributed by atoms with E-state index in [9.17, 15) is 0 Å². The molecule has 96 valence electrons. The Morgan fingerprint density at radius 2 is 1.89 bits per heavy atom. The third kappa shape index (κ3) is 2.32. The van der Waals surface area contributed by atoms with Crippen LogP contribution in [0.1, 0.15) is 0 Å². The first-order valence-electron chi connectivity index (χ1n) is 5.18. The summed E-state index contributed by atoms with van der Waals surface area (Å²) in [5, 5.41) is 1.05. The Bertz CT molecular complexity index is 750. The number of rotatable bonds is 0. The van der Waals surface area contributed by atoms with Crippen molar-refractivity contribution in [2.75, 3.05) is 0 Å². The predicted molar refractivity (Wildman–Crippen MR) is 68.9 cm³/mol. The summed E-state index contributed by atoms with van der Waals surface area (Å²) in [5.74, 6) is 0. The van der Waals surface area contributed by atoms with E-state index in [2.05, 4.69) is 38.2 Å². The second-order valence-corrected chi connectivity index (χ2v) is 3.79. The first-order valence-corrected chi connectivity index (χ1v) is 5.18. The molecule has 0 fully saturated rings. The molecule has 1 aromatic carbocycles. The van der Waals surface area contributed by atoms with Crippen molar-refractivity contribution in [2.24, 2.45) is 0 Å². The van der Waals surface area contributed by atoms with Gasteiger partial charge in [-0.3, -0.25) is 4.98 Å². The summed E-state index contributed by atoms with van der Waals surface area (Å²) < 4.78 is 4.24. The summed E-state index contributed by atoms with van der Waals surface area (Å²) in [6.45, 7) is 0. The first kappa shape index (κ1) is 16.5. The molecule has 0 N–H and O–H groups in total. The van der Waals surface area contributed by atoms with Crippen LogP contribution in [0.5, 0.6) is 0 Å². The van der Waals surface area contributed by atoms with Gasteiger partial charge in [0.15, 0.2) is 0 Å². The fraction of sp³-hybridized carbons (Fsp3) is 0. The van der Waals surface area contributed by atoms with Gasteiger partial charge in [-0.15, -0.1) is 24.3 Å². The maximum Gasteiger partial charge on any atom is 0.105 e. The minimum atomic E-state index is 0. The van der Waals surface area contributed by atoms with Crippen molar-refractivity contribution in [3.63, 3.8) is 0 Å². The molecular formula is C14H11IrN3Y-2. The van der Waals surface area contributed by atoms with Gasteiger partial charge in [0.05, 0.1) is 5.65 Å². The minimum absolute atomic E-state index is 0. The summed E-state index contributed by atoms with van der Waals surface area (Å²) in [7, 11) is 0. The summed E-state index contributed by atoms with van der Waals surface area (Å²) in [5.41, 5.74) is 3.22. The van der Waals surface area contributed by atoms with E-state index in [-0.39, 0.29) is 60.2 Å². The number of aromatic nitrogens is 3. The molecule has 0 unspecified atom stereocenters. The Balaban J connectivity index is 0.000000602. The van der Waals surface area contributed by atoms with Gasteiger partial charge in [-0.05, 0) is 17.6 Å². The molecule has 19 heavy (non-hydrogen) atoms. The van der Waals surface area contributed by atoms with Gasteiger partial charge in [0, 0.05) is 71.4 Å².